The van der Waals surface area contributed by atoms with E-state index in [9.17, 15) is 14.9 Å². The zero-order valence-electron chi connectivity index (χ0n) is 11.6. The van der Waals surface area contributed by atoms with Gasteiger partial charge in [0.05, 0.1) is 17.4 Å². The number of hydrogen-bond acceptors (Lipinski definition) is 5. The zero-order chi connectivity index (χ0) is 15.7. The van der Waals surface area contributed by atoms with Crippen LogP contribution >= 0.6 is 0 Å². The van der Waals surface area contributed by atoms with Gasteiger partial charge in [-0.25, -0.2) is 0 Å². The van der Waals surface area contributed by atoms with Gasteiger partial charge in [0.2, 0.25) is 5.76 Å². The first-order valence-electron chi connectivity index (χ1n) is 6.46. The van der Waals surface area contributed by atoms with Crippen molar-refractivity contribution in [2.45, 2.75) is 0 Å². The van der Waals surface area contributed by atoms with Crippen molar-refractivity contribution in [3.63, 3.8) is 0 Å². The molecule has 0 unspecified atom stereocenters. The molecule has 0 atom stereocenters. The molecule has 0 N–H and O–H groups in total. The molecule has 6 nitrogen and oxygen atoms in total. The average molecular weight is 297 g/mol. The average Bonchev–Trinajstić information content (AvgIpc) is 2.54. The van der Waals surface area contributed by atoms with E-state index in [1.165, 1.54) is 13.2 Å². The summed E-state index contributed by atoms with van der Waals surface area (Å²) >= 11 is 0. The molecule has 0 bridgehead atoms. The Morgan fingerprint density at radius 3 is 2.41 bits per heavy atom. The fraction of sp³-hybridized carbons (Fsp3) is 0.0625. The smallest absolute Gasteiger partial charge is 0.359 e. The van der Waals surface area contributed by atoms with Crippen molar-refractivity contribution in [3.8, 4) is 17.1 Å². The predicted molar refractivity (Wildman–Crippen MR) is 81.1 cm³/mol. The highest BCUT2D eigenvalue weighted by Gasteiger charge is 2.25. The van der Waals surface area contributed by atoms with Gasteiger partial charge in [-0.2, -0.15) is 0 Å². The molecule has 0 aliphatic rings. The molecule has 2 aromatic carbocycles. The van der Waals surface area contributed by atoms with Crippen molar-refractivity contribution in [1.29, 1.82) is 0 Å². The highest BCUT2D eigenvalue weighted by atomic mass is 16.6. The number of ether oxygens (including phenoxy) is 1. The second-order valence-corrected chi connectivity index (χ2v) is 4.59. The summed E-state index contributed by atoms with van der Waals surface area (Å²) in [7, 11) is 1.52. The van der Waals surface area contributed by atoms with Crippen LogP contribution in [0.1, 0.15) is 0 Å². The number of hydrogen-bond donors (Lipinski definition) is 0. The number of nitrogens with zero attached hydrogens (tertiary/aromatic N) is 1. The van der Waals surface area contributed by atoms with E-state index in [0.29, 0.717) is 16.9 Å². The Hall–Kier alpha value is -3.15. The van der Waals surface area contributed by atoms with Crippen LogP contribution < -0.4 is 10.2 Å². The summed E-state index contributed by atoms with van der Waals surface area (Å²) in [5.41, 5.74) is -0.471. The topological polar surface area (TPSA) is 82.6 Å². The zero-order valence-corrected chi connectivity index (χ0v) is 11.6. The lowest BCUT2D eigenvalue weighted by atomic mass is 10.1. The van der Waals surface area contributed by atoms with E-state index < -0.39 is 16.0 Å². The van der Waals surface area contributed by atoms with Crippen molar-refractivity contribution in [1.82, 2.24) is 0 Å². The SMILES string of the molecule is COc1ccc(-c2oc3ccccc3c(=O)c2[N+](=O)[O-])cc1. The van der Waals surface area contributed by atoms with Crippen molar-refractivity contribution in [3.05, 3.63) is 68.9 Å². The third-order valence-electron chi connectivity index (χ3n) is 3.31. The molecule has 6 heteroatoms. The third kappa shape index (κ3) is 2.20. The number of rotatable bonds is 3. The summed E-state index contributed by atoms with van der Waals surface area (Å²) in [5.74, 6) is 0.547. The molecule has 0 aliphatic carbocycles. The molecular weight excluding hydrogens is 286 g/mol. The maximum absolute atomic E-state index is 12.4. The van der Waals surface area contributed by atoms with Gasteiger partial charge in [-0.3, -0.25) is 14.9 Å². The number of nitro groups is 1. The van der Waals surface area contributed by atoms with Crippen LogP contribution in [0.4, 0.5) is 5.69 Å². The Labute approximate surface area is 124 Å². The van der Waals surface area contributed by atoms with Gasteiger partial charge in [-0.05, 0) is 36.4 Å². The summed E-state index contributed by atoms with van der Waals surface area (Å²) in [5, 5.41) is 11.5. The fourth-order valence-electron chi connectivity index (χ4n) is 2.24. The van der Waals surface area contributed by atoms with E-state index in [4.69, 9.17) is 9.15 Å². The summed E-state index contributed by atoms with van der Waals surface area (Å²) in [6, 6.07) is 13.0. The van der Waals surface area contributed by atoms with Gasteiger partial charge in [0.25, 0.3) is 5.43 Å². The number of para-hydroxylation sites is 1. The van der Waals surface area contributed by atoms with E-state index >= 15 is 0 Å². The Kier molecular flexibility index (Phi) is 3.34. The molecule has 0 saturated carbocycles. The highest BCUT2D eigenvalue weighted by molar-refractivity contribution is 5.83. The molecular formula is C16H11NO5. The van der Waals surface area contributed by atoms with Crippen molar-refractivity contribution in [2.75, 3.05) is 7.11 Å². The lowest BCUT2D eigenvalue weighted by Gasteiger charge is -2.05. The fourth-order valence-corrected chi connectivity index (χ4v) is 2.24. The van der Waals surface area contributed by atoms with E-state index in [1.54, 1.807) is 42.5 Å². The highest BCUT2D eigenvalue weighted by Crippen LogP contribution is 2.31. The van der Waals surface area contributed by atoms with Gasteiger partial charge in [-0.15, -0.1) is 0 Å². The minimum Gasteiger partial charge on any atom is -0.497 e. The van der Waals surface area contributed by atoms with Crippen LogP contribution in [-0.2, 0) is 0 Å². The molecule has 22 heavy (non-hydrogen) atoms. The van der Waals surface area contributed by atoms with E-state index in [-0.39, 0.29) is 11.1 Å². The van der Waals surface area contributed by atoms with Gasteiger partial charge in [0.1, 0.15) is 11.3 Å². The summed E-state index contributed by atoms with van der Waals surface area (Å²) < 4.78 is 10.7. The monoisotopic (exact) mass is 297 g/mol. The van der Waals surface area contributed by atoms with Crippen LogP contribution in [0, 0.1) is 10.1 Å². The number of fused-ring (bicyclic) bond motifs is 1. The second kappa shape index (κ2) is 5.33. The second-order valence-electron chi connectivity index (χ2n) is 4.59. The molecule has 0 spiro atoms. The Balaban J connectivity index is 2.33. The molecule has 0 saturated heterocycles. The molecule has 3 rings (SSSR count). The maximum atomic E-state index is 12.4. The largest absolute Gasteiger partial charge is 0.497 e. The molecule has 1 aromatic heterocycles. The first kappa shape index (κ1) is 13.8. The summed E-state index contributed by atoms with van der Waals surface area (Å²) in [6.07, 6.45) is 0. The molecule has 3 aromatic rings. The summed E-state index contributed by atoms with van der Waals surface area (Å²) in [6.45, 7) is 0. The first-order valence-corrected chi connectivity index (χ1v) is 6.46. The van der Waals surface area contributed by atoms with Crippen molar-refractivity contribution in [2.24, 2.45) is 0 Å². The van der Waals surface area contributed by atoms with E-state index in [2.05, 4.69) is 0 Å². The minimum atomic E-state index is -0.710. The molecule has 0 radical (unpaired) electrons. The van der Waals surface area contributed by atoms with Gasteiger partial charge >= 0.3 is 5.69 Å². The Bertz CT molecular complexity index is 912. The molecule has 1 heterocycles. The van der Waals surface area contributed by atoms with Gasteiger partial charge in [-0.1, -0.05) is 12.1 Å². The predicted octanol–water partition coefficient (Wildman–Crippen LogP) is 3.38. The Morgan fingerprint density at radius 2 is 1.77 bits per heavy atom. The lowest BCUT2D eigenvalue weighted by molar-refractivity contribution is -0.386. The molecule has 0 amide bonds. The van der Waals surface area contributed by atoms with Gasteiger partial charge < -0.3 is 9.15 Å². The Morgan fingerprint density at radius 1 is 1.09 bits per heavy atom. The van der Waals surface area contributed by atoms with Crippen molar-refractivity contribution < 1.29 is 14.1 Å². The maximum Gasteiger partial charge on any atom is 0.359 e. The standard InChI is InChI=1S/C16H11NO5/c1-21-11-8-6-10(7-9-11)16-14(17(19)20)15(18)12-4-2-3-5-13(12)22-16/h2-9H,1H3. The van der Waals surface area contributed by atoms with E-state index in [0.717, 1.165) is 0 Å². The van der Waals surface area contributed by atoms with Crippen LogP contribution in [0.2, 0.25) is 0 Å². The van der Waals surface area contributed by atoms with Gasteiger partial charge in [0.15, 0.2) is 0 Å². The quantitative estimate of drug-likeness (QED) is 0.546. The number of benzene rings is 2. The van der Waals surface area contributed by atoms with Crippen molar-refractivity contribution >= 4 is 16.7 Å². The van der Waals surface area contributed by atoms with Crippen LogP contribution in [0.3, 0.4) is 0 Å². The van der Waals surface area contributed by atoms with Crippen LogP contribution in [-0.4, -0.2) is 12.0 Å². The molecule has 110 valence electrons. The lowest BCUT2D eigenvalue weighted by Crippen LogP contribution is -2.10. The van der Waals surface area contributed by atoms with Crippen LogP contribution in [0.25, 0.3) is 22.3 Å². The van der Waals surface area contributed by atoms with Crippen LogP contribution in [0.15, 0.2) is 57.7 Å². The minimum absolute atomic E-state index is 0.0589. The number of methoxy groups -OCH3 is 1. The molecule has 0 aliphatic heterocycles. The van der Waals surface area contributed by atoms with Gasteiger partial charge in [0, 0.05) is 5.56 Å². The van der Waals surface area contributed by atoms with Crippen LogP contribution in [0.5, 0.6) is 5.75 Å². The molecule has 0 fully saturated rings. The third-order valence-corrected chi connectivity index (χ3v) is 3.31. The van der Waals surface area contributed by atoms with E-state index in [1.807, 2.05) is 0 Å². The normalized spacial score (nSPS) is 10.6. The summed E-state index contributed by atoms with van der Waals surface area (Å²) in [4.78, 5) is 23.0. The first-order chi connectivity index (χ1) is 10.6.